The summed E-state index contributed by atoms with van der Waals surface area (Å²) in [5, 5.41) is 12.0. The average Bonchev–Trinajstić information content (AvgIpc) is 2.69. The van der Waals surface area contributed by atoms with Crippen molar-refractivity contribution in [2.45, 2.75) is 65.3 Å². The Balaban J connectivity index is 2.55. The van der Waals surface area contributed by atoms with Crippen LogP contribution >= 0.6 is 0 Å². The van der Waals surface area contributed by atoms with E-state index in [-0.39, 0.29) is 11.9 Å². The third kappa shape index (κ3) is 5.56. The smallest absolute Gasteiger partial charge is 0.326 e. The van der Waals surface area contributed by atoms with Gasteiger partial charge in [0.25, 0.3) is 0 Å². The molecule has 21 heavy (non-hydrogen) atoms. The molecule has 1 heterocycles. The van der Waals surface area contributed by atoms with Crippen molar-refractivity contribution in [2.75, 3.05) is 13.1 Å². The normalized spacial score (nSPS) is 22.2. The van der Waals surface area contributed by atoms with Crippen LogP contribution in [0.15, 0.2) is 0 Å². The van der Waals surface area contributed by atoms with Gasteiger partial charge in [-0.05, 0) is 31.1 Å². The zero-order valence-electron chi connectivity index (χ0n) is 13.6. The van der Waals surface area contributed by atoms with Crippen molar-refractivity contribution >= 4 is 12.0 Å². The zero-order valence-corrected chi connectivity index (χ0v) is 13.6. The Hall–Kier alpha value is -1.26. The molecule has 0 aromatic heterocycles. The maximum absolute atomic E-state index is 12.3. The van der Waals surface area contributed by atoms with Crippen molar-refractivity contribution in [3.63, 3.8) is 0 Å². The lowest BCUT2D eigenvalue weighted by Gasteiger charge is -2.26. The molecule has 0 aromatic rings. The molecule has 0 saturated carbocycles. The summed E-state index contributed by atoms with van der Waals surface area (Å²) in [5.41, 5.74) is 0. The summed E-state index contributed by atoms with van der Waals surface area (Å²) in [6, 6.07) is -1.02. The summed E-state index contributed by atoms with van der Waals surface area (Å²) in [5.74, 6) is -0.305. The fourth-order valence-corrected chi connectivity index (χ4v) is 2.97. The molecular formula is C16H30N2O3. The molecule has 0 bridgehead atoms. The molecule has 3 atom stereocenters. The first-order valence-corrected chi connectivity index (χ1v) is 8.27. The number of carboxylic acids is 1. The van der Waals surface area contributed by atoms with E-state index in [1.54, 1.807) is 4.90 Å². The van der Waals surface area contributed by atoms with E-state index >= 15 is 0 Å². The molecule has 0 radical (unpaired) electrons. The van der Waals surface area contributed by atoms with Crippen molar-refractivity contribution in [3.05, 3.63) is 0 Å². The largest absolute Gasteiger partial charge is 0.480 e. The van der Waals surface area contributed by atoms with E-state index in [1.165, 1.54) is 19.3 Å². The predicted octanol–water partition coefficient (Wildman–Crippen LogP) is 3.10. The summed E-state index contributed by atoms with van der Waals surface area (Å²) in [6.45, 7) is 7.47. The van der Waals surface area contributed by atoms with Gasteiger partial charge in [-0.15, -0.1) is 0 Å². The van der Waals surface area contributed by atoms with E-state index in [1.807, 2.05) is 13.8 Å². The minimum absolute atomic E-state index is 0.0636. The van der Waals surface area contributed by atoms with Gasteiger partial charge in [-0.25, -0.2) is 9.59 Å². The minimum atomic E-state index is -0.948. The van der Waals surface area contributed by atoms with Gasteiger partial charge in [0.15, 0.2) is 0 Å². The van der Waals surface area contributed by atoms with Crippen LogP contribution in [-0.4, -0.2) is 41.1 Å². The number of nitrogens with zero attached hydrogens (tertiary/aromatic N) is 1. The standard InChI is InChI=1S/C16H30N2O3/c1-4-7-13-8-6-10-18(11-9-13)16(21)17-14(15(19)20)12(3)5-2/h12-14H,4-11H2,1-3H3,(H,17,21)(H,19,20). The Morgan fingerprint density at radius 3 is 2.57 bits per heavy atom. The lowest BCUT2D eigenvalue weighted by atomic mass is 9.96. The third-order valence-electron chi connectivity index (χ3n) is 4.59. The quantitative estimate of drug-likeness (QED) is 0.791. The molecular weight excluding hydrogens is 268 g/mol. The van der Waals surface area contributed by atoms with E-state index in [0.717, 1.165) is 32.4 Å². The number of nitrogens with one attached hydrogen (secondary N) is 1. The number of hydrogen-bond acceptors (Lipinski definition) is 2. The van der Waals surface area contributed by atoms with E-state index in [4.69, 9.17) is 0 Å². The van der Waals surface area contributed by atoms with Crippen LogP contribution in [0.4, 0.5) is 4.79 Å². The molecule has 1 aliphatic rings. The predicted molar refractivity (Wildman–Crippen MR) is 83.2 cm³/mol. The Kier molecular flexibility index (Phi) is 7.54. The van der Waals surface area contributed by atoms with Gasteiger partial charge in [0.2, 0.25) is 0 Å². The minimum Gasteiger partial charge on any atom is -0.480 e. The summed E-state index contributed by atoms with van der Waals surface area (Å²) >= 11 is 0. The van der Waals surface area contributed by atoms with Crippen LogP contribution in [0.25, 0.3) is 0 Å². The van der Waals surface area contributed by atoms with Crippen molar-refractivity contribution in [1.82, 2.24) is 10.2 Å². The fourth-order valence-electron chi connectivity index (χ4n) is 2.97. The maximum Gasteiger partial charge on any atom is 0.326 e. The number of amides is 2. The van der Waals surface area contributed by atoms with E-state index in [0.29, 0.717) is 5.92 Å². The van der Waals surface area contributed by atoms with Crippen LogP contribution in [0.3, 0.4) is 0 Å². The topological polar surface area (TPSA) is 69.6 Å². The summed E-state index contributed by atoms with van der Waals surface area (Å²) in [6.07, 6.45) is 6.36. The average molecular weight is 298 g/mol. The number of aliphatic carboxylic acids is 1. The highest BCUT2D eigenvalue weighted by Gasteiger charge is 2.28. The van der Waals surface area contributed by atoms with Gasteiger partial charge in [-0.1, -0.05) is 40.0 Å². The summed E-state index contributed by atoms with van der Waals surface area (Å²) in [7, 11) is 0. The maximum atomic E-state index is 12.3. The molecule has 5 nitrogen and oxygen atoms in total. The van der Waals surface area contributed by atoms with Crippen LogP contribution in [0.5, 0.6) is 0 Å². The number of carbonyl (C=O) groups is 2. The molecule has 0 spiro atoms. The lowest BCUT2D eigenvalue weighted by molar-refractivity contribution is -0.140. The Morgan fingerprint density at radius 1 is 1.29 bits per heavy atom. The van der Waals surface area contributed by atoms with Gasteiger partial charge >= 0.3 is 12.0 Å². The van der Waals surface area contributed by atoms with Crippen LogP contribution in [0.1, 0.15) is 59.3 Å². The van der Waals surface area contributed by atoms with E-state index in [9.17, 15) is 14.7 Å². The molecule has 1 aliphatic heterocycles. The molecule has 2 amide bonds. The Labute approximate surface area is 128 Å². The van der Waals surface area contributed by atoms with Gasteiger partial charge < -0.3 is 15.3 Å². The Morgan fingerprint density at radius 2 is 2.00 bits per heavy atom. The second-order valence-corrected chi connectivity index (χ2v) is 6.22. The number of carbonyl (C=O) groups excluding carboxylic acids is 1. The number of urea groups is 1. The molecule has 1 rings (SSSR count). The van der Waals surface area contributed by atoms with Gasteiger partial charge in [-0.2, -0.15) is 0 Å². The molecule has 122 valence electrons. The van der Waals surface area contributed by atoms with E-state index < -0.39 is 12.0 Å². The van der Waals surface area contributed by atoms with Crippen molar-refractivity contribution in [1.29, 1.82) is 0 Å². The van der Waals surface area contributed by atoms with Gasteiger partial charge in [0.05, 0.1) is 0 Å². The molecule has 1 saturated heterocycles. The van der Waals surface area contributed by atoms with Crippen molar-refractivity contribution in [3.8, 4) is 0 Å². The first kappa shape index (κ1) is 17.8. The van der Waals surface area contributed by atoms with Crippen molar-refractivity contribution < 1.29 is 14.7 Å². The van der Waals surface area contributed by atoms with Crippen LogP contribution in [-0.2, 0) is 4.79 Å². The highest BCUT2D eigenvalue weighted by Crippen LogP contribution is 2.22. The lowest BCUT2D eigenvalue weighted by Crippen LogP contribution is -2.50. The monoisotopic (exact) mass is 298 g/mol. The molecule has 3 unspecified atom stereocenters. The third-order valence-corrected chi connectivity index (χ3v) is 4.59. The zero-order chi connectivity index (χ0) is 15.8. The molecule has 5 heteroatoms. The van der Waals surface area contributed by atoms with Crippen molar-refractivity contribution in [2.24, 2.45) is 11.8 Å². The Bertz CT molecular complexity index is 346. The number of likely N-dealkylation sites (tertiary alicyclic amines) is 1. The summed E-state index contributed by atoms with van der Waals surface area (Å²) < 4.78 is 0. The first-order chi connectivity index (χ1) is 9.99. The van der Waals surface area contributed by atoms with Crippen LogP contribution < -0.4 is 5.32 Å². The highest BCUT2D eigenvalue weighted by atomic mass is 16.4. The number of rotatable bonds is 6. The molecule has 0 aromatic carbocycles. The van der Waals surface area contributed by atoms with Gasteiger partial charge in [0, 0.05) is 13.1 Å². The SMILES string of the molecule is CCCC1CCCN(C(=O)NC(C(=O)O)C(C)CC)CC1. The fraction of sp³-hybridized carbons (Fsp3) is 0.875. The van der Waals surface area contributed by atoms with E-state index in [2.05, 4.69) is 12.2 Å². The summed E-state index contributed by atoms with van der Waals surface area (Å²) in [4.78, 5) is 25.4. The molecule has 2 N–H and O–H groups in total. The molecule has 1 fully saturated rings. The number of hydrogen-bond donors (Lipinski definition) is 2. The first-order valence-electron chi connectivity index (χ1n) is 8.27. The second kappa shape index (κ2) is 8.90. The van der Waals surface area contributed by atoms with Gasteiger partial charge in [-0.3, -0.25) is 0 Å². The second-order valence-electron chi connectivity index (χ2n) is 6.22. The molecule has 0 aliphatic carbocycles. The van der Waals surface area contributed by atoms with Crippen LogP contribution in [0, 0.1) is 11.8 Å². The number of carboxylic acid groups (broad SMARTS) is 1. The van der Waals surface area contributed by atoms with Gasteiger partial charge in [0.1, 0.15) is 6.04 Å². The highest BCUT2D eigenvalue weighted by molar-refractivity contribution is 5.82. The van der Waals surface area contributed by atoms with Crippen LogP contribution in [0.2, 0.25) is 0 Å².